The van der Waals surface area contributed by atoms with E-state index in [1.165, 1.54) is 0 Å². The Morgan fingerprint density at radius 3 is 2.55 bits per heavy atom. The van der Waals surface area contributed by atoms with Gasteiger partial charge in [-0.05, 0) is 70.3 Å². The lowest BCUT2D eigenvalue weighted by molar-refractivity contribution is -0.0621. The van der Waals surface area contributed by atoms with Crippen molar-refractivity contribution in [3.63, 3.8) is 0 Å². The second-order valence-electron chi connectivity index (χ2n) is 6.01. The van der Waals surface area contributed by atoms with Crippen LogP contribution in [0, 0.1) is 17.7 Å². The highest BCUT2D eigenvalue weighted by atomic mass is 79.9. The summed E-state index contributed by atoms with van der Waals surface area (Å²) >= 11 is 3.18. The van der Waals surface area contributed by atoms with Gasteiger partial charge in [0.2, 0.25) is 0 Å². The molecule has 0 spiro atoms. The molecule has 22 heavy (non-hydrogen) atoms. The van der Waals surface area contributed by atoms with Crippen molar-refractivity contribution < 1.29 is 14.2 Å². The van der Waals surface area contributed by atoms with Gasteiger partial charge in [-0.15, -0.1) is 0 Å². The summed E-state index contributed by atoms with van der Waals surface area (Å²) in [6, 6.07) is 3.22. The molecule has 2 nitrogen and oxygen atoms in total. The van der Waals surface area contributed by atoms with Gasteiger partial charge >= 0.3 is 0 Å². The third kappa shape index (κ3) is 3.50. The first-order valence-corrected chi connectivity index (χ1v) is 8.51. The molecule has 1 aliphatic carbocycles. The Bertz CT molecular complexity index is 593. The van der Waals surface area contributed by atoms with E-state index in [1.807, 2.05) is 0 Å². The SMILES string of the molecule is OCc1cc(Br)c(F)cc1CC1C=CC=C[C@@H]1CC1CCO1. The summed E-state index contributed by atoms with van der Waals surface area (Å²) < 4.78 is 19.8. The van der Waals surface area contributed by atoms with E-state index >= 15 is 0 Å². The standard InChI is InChI=1S/C18H20BrFO2/c19-17-9-15(11-21)14(10-18(17)20)7-12-3-1-2-4-13(12)8-16-5-6-22-16/h1-4,9-10,12-13,16,21H,5-8,11H2/t12?,13-,16?/m1/s1. The molecule has 2 aliphatic rings. The number of aliphatic hydroxyl groups is 1. The van der Waals surface area contributed by atoms with Crippen molar-refractivity contribution in [2.24, 2.45) is 11.8 Å². The Labute approximate surface area is 138 Å². The Kier molecular flexibility index (Phi) is 5.11. The average Bonchev–Trinajstić information content (AvgIpc) is 2.48. The van der Waals surface area contributed by atoms with E-state index in [-0.39, 0.29) is 12.4 Å². The first-order chi connectivity index (χ1) is 10.7. The van der Waals surface area contributed by atoms with Crippen LogP contribution in [-0.4, -0.2) is 17.8 Å². The Balaban J connectivity index is 1.76. The van der Waals surface area contributed by atoms with Gasteiger partial charge in [-0.2, -0.15) is 0 Å². The van der Waals surface area contributed by atoms with Crippen molar-refractivity contribution in [1.82, 2.24) is 0 Å². The van der Waals surface area contributed by atoms with Crippen LogP contribution in [0.25, 0.3) is 0 Å². The molecule has 3 rings (SSSR count). The Hall–Kier alpha value is -0.970. The summed E-state index contributed by atoms with van der Waals surface area (Å²) in [7, 11) is 0. The van der Waals surface area contributed by atoms with Gasteiger partial charge < -0.3 is 9.84 Å². The maximum absolute atomic E-state index is 13.8. The largest absolute Gasteiger partial charge is 0.392 e. The zero-order valence-corrected chi connectivity index (χ0v) is 13.9. The van der Waals surface area contributed by atoms with E-state index in [2.05, 4.69) is 40.2 Å². The first kappa shape index (κ1) is 15.9. The van der Waals surface area contributed by atoms with Gasteiger partial charge in [0, 0.05) is 6.61 Å². The molecule has 0 bridgehead atoms. The zero-order valence-electron chi connectivity index (χ0n) is 12.3. The Morgan fingerprint density at radius 2 is 1.91 bits per heavy atom. The molecule has 118 valence electrons. The zero-order chi connectivity index (χ0) is 15.5. The van der Waals surface area contributed by atoms with E-state index in [1.54, 1.807) is 12.1 Å². The number of aliphatic hydroxyl groups excluding tert-OH is 1. The maximum atomic E-state index is 13.8. The molecule has 1 heterocycles. The summed E-state index contributed by atoms with van der Waals surface area (Å²) in [5, 5.41) is 9.53. The van der Waals surface area contributed by atoms with E-state index in [0.717, 1.165) is 37.0 Å². The lowest BCUT2D eigenvalue weighted by atomic mass is 9.79. The van der Waals surface area contributed by atoms with Gasteiger partial charge in [0.15, 0.2) is 0 Å². The lowest BCUT2D eigenvalue weighted by Crippen LogP contribution is -2.31. The fourth-order valence-electron chi connectivity index (χ4n) is 3.17. The highest BCUT2D eigenvalue weighted by Gasteiger charge is 2.27. The molecule has 0 amide bonds. The topological polar surface area (TPSA) is 29.5 Å². The van der Waals surface area contributed by atoms with Crippen LogP contribution in [0.15, 0.2) is 40.9 Å². The highest BCUT2D eigenvalue weighted by Crippen LogP contribution is 2.33. The average molecular weight is 367 g/mol. The van der Waals surface area contributed by atoms with Crippen LogP contribution < -0.4 is 0 Å². The molecule has 4 heteroatoms. The van der Waals surface area contributed by atoms with Crippen molar-refractivity contribution in [1.29, 1.82) is 0 Å². The van der Waals surface area contributed by atoms with Crippen LogP contribution in [0.4, 0.5) is 4.39 Å². The van der Waals surface area contributed by atoms with Crippen LogP contribution in [-0.2, 0) is 17.8 Å². The fraction of sp³-hybridized carbons (Fsp3) is 0.444. The number of allylic oxidation sites excluding steroid dienone is 4. The van der Waals surface area contributed by atoms with E-state index in [0.29, 0.717) is 22.4 Å². The summed E-state index contributed by atoms with van der Waals surface area (Å²) in [5.41, 5.74) is 1.67. The minimum Gasteiger partial charge on any atom is -0.392 e. The van der Waals surface area contributed by atoms with Crippen molar-refractivity contribution in [2.75, 3.05) is 6.61 Å². The third-order valence-corrected chi connectivity index (χ3v) is 5.18. The molecule has 0 saturated carbocycles. The Morgan fingerprint density at radius 1 is 1.18 bits per heavy atom. The summed E-state index contributed by atoms with van der Waals surface area (Å²) in [6.45, 7) is 0.797. The van der Waals surface area contributed by atoms with Crippen molar-refractivity contribution >= 4 is 15.9 Å². The first-order valence-electron chi connectivity index (χ1n) is 7.71. The molecule has 0 radical (unpaired) electrons. The van der Waals surface area contributed by atoms with Crippen LogP contribution in [0.5, 0.6) is 0 Å². The van der Waals surface area contributed by atoms with Crippen molar-refractivity contribution in [3.05, 3.63) is 57.9 Å². The second kappa shape index (κ2) is 7.07. The summed E-state index contributed by atoms with van der Waals surface area (Å²) in [6.07, 6.45) is 11.8. The minimum absolute atomic E-state index is 0.0725. The summed E-state index contributed by atoms with van der Waals surface area (Å²) in [5.74, 6) is 0.454. The normalized spacial score (nSPS) is 27.0. The molecule has 0 aromatic heterocycles. The van der Waals surface area contributed by atoms with Crippen molar-refractivity contribution in [2.45, 2.75) is 32.0 Å². The van der Waals surface area contributed by atoms with Gasteiger partial charge in [-0.1, -0.05) is 24.3 Å². The van der Waals surface area contributed by atoms with Crippen LogP contribution in [0.3, 0.4) is 0 Å². The van der Waals surface area contributed by atoms with E-state index in [4.69, 9.17) is 4.74 Å². The predicted molar refractivity (Wildman–Crippen MR) is 88.0 cm³/mol. The van der Waals surface area contributed by atoms with Gasteiger partial charge in [0.1, 0.15) is 5.82 Å². The monoisotopic (exact) mass is 366 g/mol. The number of hydrogen-bond donors (Lipinski definition) is 1. The molecule has 1 fully saturated rings. The maximum Gasteiger partial charge on any atom is 0.137 e. The van der Waals surface area contributed by atoms with Crippen LogP contribution >= 0.6 is 15.9 Å². The van der Waals surface area contributed by atoms with Crippen molar-refractivity contribution in [3.8, 4) is 0 Å². The molecular formula is C18H20BrFO2. The fourth-order valence-corrected chi connectivity index (χ4v) is 3.56. The molecule has 1 aromatic carbocycles. The van der Waals surface area contributed by atoms with Gasteiger partial charge in [-0.25, -0.2) is 4.39 Å². The lowest BCUT2D eigenvalue weighted by Gasteiger charge is -2.33. The molecule has 1 N–H and O–H groups in total. The number of halogens is 2. The summed E-state index contributed by atoms with van der Waals surface area (Å²) in [4.78, 5) is 0. The molecule has 1 aromatic rings. The van der Waals surface area contributed by atoms with E-state index in [9.17, 15) is 9.50 Å². The molecular weight excluding hydrogens is 347 g/mol. The molecule has 1 saturated heterocycles. The number of benzene rings is 1. The third-order valence-electron chi connectivity index (χ3n) is 4.57. The number of hydrogen-bond acceptors (Lipinski definition) is 2. The van der Waals surface area contributed by atoms with Crippen LogP contribution in [0.1, 0.15) is 24.0 Å². The predicted octanol–water partition coefficient (Wildman–Crippen LogP) is 4.16. The van der Waals surface area contributed by atoms with E-state index < -0.39 is 0 Å². The highest BCUT2D eigenvalue weighted by molar-refractivity contribution is 9.10. The number of rotatable bonds is 5. The number of ether oxygens (including phenoxy) is 1. The second-order valence-corrected chi connectivity index (χ2v) is 6.87. The quantitative estimate of drug-likeness (QED) is 0.847. The van der Waals surface area contributed by atoms with Gasteiger partial charge in [-0.3, -0.25) is 0 Å². The minimum atomic E-state index is -0.276. The van der Waals surface area contributed by atoms with Gasteiger partial charge in [0.25, 0.3) is 0 Å². The molecule has 1 aliphatic heterocycles. The van der Waals surface area contributed by atoms with Gasteiger partial charge in [0.05, 0.1) is 17.2 Å². The smallest absolute Gasteiger partial charge is 0.137 e. The molecule has 3 atom stereocenters. The van der Waals surface area contributed by atoms with Crippen LogP contribution in [0.2, 0.25) is 0 Å². The molecule has 2 unspecified atom stereocenters.